The molecule has 0 saturated carbocycles. The molecule has 1 aromatic rings. The number of nitrogens with one attached hydrogen (secondary N) is 1. The van der Waals surface area contributed by atoms with Crippen molar-refractivity contribution in [3.8, 4) is 0 Å². The summed E-state index contributed by atoms with van der Waals surface area (Å²) in [6.45, 7) is 2.16. The lowest BCUT2D eigenvalue weighted by molar-refractivity contribution is 0.652. The predicted molar refractivity (Wildman–Crippen MR) is 56.6 cm³/mol. The van der Waals surface area contributed by atoms with E-state index in [4.69, 9.17) is 0 Å². The third-order valence-corrected chi connectivity index (χ3v) is 2.45. The summed E-state index contributed by atoms with van der Waals surface area (Å²) in [5.74, 6) is 0. The minimum absolute atomic E-state index is 0.449. The van der Waals surface area contributed by atoms with Crippen molar-refractivity contribution in [2.45, 2.75) is 13.0 Å². The third-order valence-electron chi connectivity index (χ3n) is 1.78. The highest BCUT2D eigenvalue weighted by atomic mass is 127. The van der Waals surface area contributed by atoms with Gasteiger partial charge in [0.15, 0.2) is 0 Å². The fraction of sp³-hybridized carbons (Fsp3) is 0.333. The summed E-state index contributed by atoms with van der Waals surface area (Å²) in [5, 5.41) is 3.21. The number of rotatable bonds is 2. The van der Waals surface area contributed by atoms with Crippen LogP contribution in [0.5, 0.6) is 0 Å². The minimum Gasteiger partial charge on any atom is -0.313 e. The summed E-state index contributed by atoms with van der Waals surface area (Å²) in [7, 11) is 1.98. The molecule has 0 radical (unpaired) electrons. The van der Waals surface area contributed by atoms with E-state index in [1.807, 2.05) is 7.05 Å². The molecule has 1 aromatic carbocycles. The molecule has 0 spiro atoms. The Balaban J connectivity index is 2.86. The molecule has 0 aliphatic carbocycles. The van der Waals surface area contributed by atoms with Crippen LogP contribution in [0.3, 0.4) is 0 Å². The largest absolute Gasteiger partial charge is 0.313 e. The van der Waals surface area contributed by atoms with Crippen molar-refractivity contribution < 1.29 is 0 Å². The van der Waals surface area contributed by atoms with E-state index in [9.17, 15) is 0 Å². The fourth-order valence-corrected chi connectivity index (χ4v) is 1.51. The van der Waals surface area contributed by atoms with Crippen LogP contribution in [0.4, 0.5) is 0 Å². The summed E-state index contributed by atoms with van der Waals surface area (Å²) < 4.78 is 1.29. The quantitative estimate of drug-likeness (QED) is 0.807. The van der Waals surface area contributed by atoms with Gasteiger partial charge in [0.05, 0.1) is 0 Å². The van der Waals surface area contributed by atoms with Crippen LogP contribution < -0.4 is 5.32 Å². The SMILES string of the molecule is CN[C@H](C)c1cccc(I)c1. The Morgan fingerprint density at radius 3 is 2.73 bits per heavy atom. The monoisotopic (exact) mass is 261 g/mol. The van der Waals surface area contributed by atoms with Crippen LogP contribution in [-0.4, -0.2) is 7.05 Å². The van der Waals surface area contributed by atoms with Crippen molar-refractivity contribution in [1.82, 2.24) is 5.32 Å². The van der Waals surface area contributed by atoms with Gasteiger partial charge < -0.3 is 5.32 Å². The predicted octanol–water partition coefficient (Wildman–Crippen LogP) is 2.57. The summed E-state index contributed by atoms with van der Waals surface area (Å²) >= 11 is 2.33. The highest BCUT2D eigenvalue weighted by Gasteiger charge is 2.00. The summed E-state index contributed by atoms with van der Waals surface area (Å²) in [5.41, 5.74) is 1.35. The Morgan fingerprint density at radius 2 is 2.18 bits per heavy atom. The van der Waals surface area contributed by atoms with Gasteiger partial charge in [-0.25, -0.2) is 0 Å². The molecule has 0 heterocycles. The normalized spacial score (nSPS) is 13.0. The van der Waals surface area contributed by atoms with E-state index in [2.05, 4.69) is 59.1 Å². The van der Waals surface area contributed by atoms with Crippen molar-refractivity contribution in [1.29, 1.82) is 0 Å². The van der Waals surface area contributed by atoms with E-state index in [1.165, 1.54) is 9.13 Å². The van der Waals surface area contributed by atoms with Crippen LogP contribution >= 0.6 is 22.6 Å². The van der Waals surface area contributed by atoms with Gasteiger partial charge in [-0.2, -0.15) is 0 Å². The van der Waals surface area contributed by atoms with Crippen LogP contribution in [0, 0.1) is 3.57 Å². The molecule has 0 aromatic heterocycles. The molecule has 1 atom stereocenters. The fourth-order valence-electron chi connectivity index (χ4n) is 0.943. The molecule has 1 N–H and O–H groups in total. The number of hydrogen-bond acceptors (Lipinski definition) is 1. The van der Waals surface area contributed by atoms with Gasteiger partial charge in [-0.15, -0.1) is 0 Å². The van der Waals surface area contributed by atoms with Gasteiger partial charge in [0, 0.05) is 9.61 Å². The molecule has 1 rings (SSSR count). The lowest BCUT2D eigenvalue weighted by Crippen LogP contribution is -2.12. The highest BCUT2D eigenvalue weighted by Crippen LogP contribution is 2.14. The second kappa shape index (κ2) is 4.07. The zero-order chi connectivity index (χ0) is 8.27. The molecule has 0 aliphatic heterocycles. The summed E-state index contributed by atoms with van der Waals surface area (Å²) in [6, 6.07) is 8.98. The van der Waals surface area contributed by atoms with Crippen LogP contribution in [-0.2, 0) is 0 Å². The van der Waals surface area contributed by atoms with Gasteiger partial charge in [0.2, 0.25) is 0 Å². The Morgan fingerprint density at radius 1 is 1.45 bits per heavy atom. The van der Waals surface area contributed by atoms with Crippen molar-refractivity contribution in [3.05, 3.63) is 33.4 Å². The maximum Gasteiger partial charge on any atom is 0.0289 e. The molecule has 0 unspecified atom stereocenters. The molecule has 0 aliphatic rings. The first-order valence-electron chi connectivity index (χ1n) is 3.67. The van der Waals surface area contributed by atoms with E-state index >= 15 is 0 Å². The van der Waals surface area contributed by atoms with Gasteiger partial charge in [0.25, 0.3) is 0 Å². The van der Waals surface area contributed by atoms with E-state index < -0.39 is 0 Å². The van der Waals surface area contributed by atoms with Crippen molar-refractivity contribution in [2.75, 3.05) is 7.05 Å². The zero-order valence-electron chi connectivity index (χ0n) is 6.76. The lowest BCUT2D eigenvalue weighted by atomic mass is 10.1. The molecular formula is C9H12IN. The Hall–Kier alpha value is -0.0900. The van der Waals surface area contributed by atoms with E-state index in [1.54, 1.807) is 0 Å². The number of benzene rings is 1. The highest BCUT2D eigenvalue weighted by molar-refractivity contribution is 14.1. The lowest BCUT2D eigenvalue weighted by Gasteiger charge is -2.09. The Labute approximate surface area is 81.3 Å². The smallest absolute Gasteiger partial charge is 0.0289 e. The minimum atomic E-state index is 0.449. The molecule has 0 bridgehead atoms. The first-order valence-corrected chi connectivity index (χ1v) is 4.74. The van der Waals surface area contributed by atoms with Gasteiger partial charge >= 0.3 is 0 Å². The Bertz CT molecular complexity index is 235. The second-order valence-electron chi connectivity index (χ2n) is 2.57. The average Bonchev–Trinajstić information content (AvgIpc) is 2.03. The number of halogens is 1. The maximum absolute atomic E-state index is 3.21. The first kappa shape index (κ1) is 9.00. The molecule has 11 heavy (non-hydrogen) atoms. The van der Waals surface area contributed by atoms with E-state index in [0.717, 1.165) is 0 Å². The van der Waals surface area contributed by atoms with E-state index in [-0.39, 0.29) is 0 Å². The molecule has 0 fully saturated rings. The number of hydrogen-bond donors (Lipinski definition) is 1. The standard InChI is InChI=1S/C9H12IN/c1-7(11-2)8-4-3-5-9(10)6-8/h3-7,11H,1-2H3/t7-/m1/s1. The average molecular weight is 261 g/mol. The molecule has 0 amide bonds. The maximum atomic E-state index is 3.21. The molecular weight excluding hydrogens is 249 g/mol. The van der Waals surface area contributed by atoms with E-state index in [0.29, 0.717) is 6.04 Å². The van der Waals surface area contributed by atoms with Gasteiger partial charge in [-0.05, 0) is 54.3 Å². The topological polar surface area (TPSA) is 12.0 Å². The molecule has 60 valence electrons. The van der Waals surface area contributed by atoms with Crippen LogP contribution in [0.2, 0.25) is 0 Å². The van der Waals surface area contributed by atoms with Crippen LogP contribution in [0.25, 0.3) is 0 Å². The molecule has 0 saturated heterocycles. The zero-order valence-corrected chi connectivity index (χ0v) is 8.92. The van der Waals surface area contributed by atoms with Crippen LogP contribution in [0.1, 0.15) is 18.5 Å². The first-order chi connectivity index (χ1) is 5.24. The van der Waals surface area contributed by atoms with Crippen molar-refractivity contribution in [2.24, 2.45) is 0 Å². The summed E-state index contributed by atoms with van der Waals surface area (Å²) in [4.78, 5) is 0. The molecule has 2 heteroatoms. The Kier molecular flexibility index (Phi) is 3.33. The third kappa shape index (κ3) is 2.45. The second-order valence-corrected chi connectivity index (χ2v) is 3.81. The van der Waals surface area contributed by atoms with Gasteiger partial charge in [-0.3, -0.25) is 0 Å². The van der Waals surface area contributed by atoms with Gasteiger partial charge in [0.1, 0.15) is 0 Å². The molecule has 1 nitrogen and oxygen atoms in total. The summed E-state index contributed by atoms with van der Waals surface area (Å²) in [6.07, 6.45) is 0. The van der Waals surface area contributed by atoms with Crippen molar-refractivity contribution in [3.63, 3.8) is 0 Å². The van der Waals surface area contributed by atoms with Gasteiger partial charge in [-0.1, -0.05) is 12.1 Å². The van der Waals surface area contributed by atoms with Crippen molar-refractivity contribution >= 4 is 22.6 Å². The van der Waals surface area contributed by atoms with Crippen LogP contribution in [0.15, 0.2) is 24.3 Å².